The van der Waals surface area contributed by atoms with Gasteiger partial charge in [-0.05, 0) is 49.7 Å². The molecule has 0 bridgehead atoms. The molecule has 25 heavy (non-hydrogen) atoms. The number of Topliss-reactive ketones (excluding diaryl/α,β-unsaturated/α-hetero) is 1. The first kappa shape index (κ1) is 17.2. The fraction of sp³-hybridized carbons (Fsp3) is 0.200. The summed E-state index contributed by atoms with van der Waals surface area (Å²) in [4.78, 5) is 12.6. The first-order chi connectivity index (χ1) is 12.0. The fourth-order valence-corrected chi connectivity index (χ4v) is 3.02. The summed E-state index contributed by atoms with van der Waals surface area (Å²) in [5, 5.41) is 5.08. The zero-order valence-electron chi connectivity index (χ0n) is 14.4. The second-order valence-corrected chi connectivity index (χ2v) is 6.32. The van der Waals surface area contributed by atoms with Crippen molar-refractivity contribution in [2.45, 2.75) is 20.3 Å². The van der Waals surface area contributed by atoms with Crippen molar-refractivity contribution in [2.75, 3.05) is 7.11 Å². The lowest BCUT2D eigenvalue weighted by molar-refractivity contribution is 0.0992. The molecule has 4 nitrogen and oxygen atoms in total. The number of benzene rings is 2. The molecule has 2 aromatic carbocycles. The van der Waals surface area contributed by atoms with Crippen LogP contribution in [0.25, 0.3) is 5.69 Å². The van der Waals surface area contributed by atoms with Crippen LogP contribution in [0.2, 0.25) is 5.02 Å². The lowest BCUT2D eigenvalue weighted by Gasteiger charge is -2.12. The molecule has 0 aliphatic heterocycles. The van der Waals surface area contributed by atoms with Crippen LogP contribution in [-0.4, -0.2) is 22.7 Å². The molecule has 128 valence electrons. The molecule has 3 rings (SSSR count). The molecular weight excluding hydrogens is 336 g/mol. The van der Waals surface area contributed by atoms with Crippen molar-refractivity contribution in [3.63, 3.8) is 0 Å². The van der Waals surface area contributed by atoms with E-state index in [4.69, 9.17) is 16.3 Å². The number of aromatic nitrogens is 2. The molecule has 0 spiro atoms. The van der Waals surface area contributed by atoms with Gasteiger partial charge in [-0.1, -0.05) is 29.8 Å². The SMILES string of the molecule is COc1cc(C(=O)Cc2ccccc2Cl)ccc1-n1nc(C)cc1C. The van der Waals surface area contributed by atoms with Crippen molar-refractivity contribution in [3.8, 4) is 11.4 Å². The number of nitrogens with zero attached hydrogens (tertiary/aromatic N) is 2. The van der Waals surface area contributed by atoms with Gasteiger partial charge in [0.2, 0.25) is 0 Å². The van der Waals surface area contributed by atoms with Gasteiger partial charge >= 0.3 is 0 Å². The molecule has 0 radical (unpaired) electrons. The van der Waals surface area contributed by atoms with Gasteiger partial charge in [0.1, 0.15) is 11.4 Å². The third kappa shape index (κ3) is 3.59. The van der Waals surface area contributed by atoms with Crippen LogP contribution in [0.5, 0.6) is 5.75 Å². The maximum absolute atomic E-state index is 12.6. The lowest BCUT2D eigenvalue weighted by atomic mass is 10.0. The van der Waals surface area contributed by atoms with E-state index in [1.54, 1.807) is 25.3 Å². The van der Waals surface area contributed by atoms with Crippen LogP contribution in [0.1, 0.15) is 27.3 Å². The molecule has 3 aromatic rings. The van der Waals surface area contributed by atoms with E-state index < -0.39 is 0 Å². The summed E-state index contributed by atoms with van der Waals surface area (Å²) >= 11 is 6.15. The third-order valence-corrected chi connectivity index (χ3v) is 4.42. The Kier molecular flexibility index (Phi) is 4.91. The smallest absolute Gasteiger partial charge is 0.167 e. The van der Waals surface area contributed by atoms with Crippen LogP contribution in [0.15, 0.2) is 48.5 Å². The Labute approximate surface area is 152 Å². The minimum absolute atomic E-state index is 0.00804. The van der Waals surface area contributed by atoms with E-state index in [9.17, 15) is 4.79 Å². The van der Waals surface area contributed by atoms with Crippen LogP contribution < -0.4 is 4.74 Å². The van der Waals surface area contributed by atoms with Gasteiger partial charge in [-0.15, -0.1) is 0 Å². The Bertz CT molecular complexity index is 931. The third-order valence-electron chi connectivity index (χ3n) is 4.05. The molecule has 1 heterocycles. The van der Waals surface area contributed by atoms with Crippen LogP contribution >= 0.6 is 11.6 Å². The van der Waals surface area contributed by atoms with Crippen molar-refractivity contribution >= 4 is 17.4 Å². The Morgan fingerprint density at radius 3 is 2.56 bits per heavy atom. The van der Waals surface area contributed by atoms with E-state index in [1.807, 2.05) is 48.9 Å². The summed E-state index contributed by atoms with van der Waals surface area (Å²) in [5.41, 5.74) is 4.14. The van der Waals surface area contributed by atoms with Gasteiger partial charge in [-0.3, -0.25) is 4.79 Å². The summed E-state index contributed by atoms with van der Waals surface area (Å²) in [6.07, 6.45) is 0.252. The maximum atomic E-state index is 12.6. The maximum Gasteiger partial charge on any atom is 0.167 e. The van der Waals surface area contributed by atoms with E-state index in [0.29, 0.717) is 16.3 Å². The normalized spacial score (nSPS) is 10.7. The summed E-state index contributed by atoms with van der Waals surface area (Å²) in [6, 6.07) is 14.8. The van der Waals surface area contributed by atoms with E-state index in [-0.39, 0.29) is 12.2 Å². The van der Waals surface area contributed by atoms with Gasteiger partial charge in [0, 0.05) is 22.7 Å². The minimum atomic E-state index is -0.00804. The van der Waals surface area contributed by atoms with E-state index in [1.165, 1.54) is 0 Å². The van der Waals surface area contributed by atoms with Gasteiger partial charge in [0.15, 0.2) is 5.78 Å². The predicted octanol–water partition coefficient (Wildman–Crippen LogP) is 4.58. The Morgan fingerprint density at radius 2 is 1.92 bits per heavy atom. The molecular formula is C20H19ClN2O2. The Morgan fingerprint density at radius 1 is 1.16 bits per heavy atom. The predicted molar refractivity (Wildman–Crippen MR) is 99.1 cm³/mol. The van der Waals surface area contributed by atoms with Gasteiger partial charge in [0.25, 0.3) is 0 Å². The highest BCUT2D eigenvalue weighted by molar-refractivity contribution is 6.31. The van der Waals surface area contributed by atoms with Gasteiger partial charge in [-0.2, -0.15) is 5.10 Å². The molecule has 0 atom stereocenters. The van der Waals surface area contributed by atoms with Gasteiger partial charge < -0.3 is 4.74 Å². The largest absolute Gasteiger partial charge is 0.494 e. The topological polar surface area (TPSA) is 44.1 Å². The molecule has 0 unspecified atom stereocenters. The van der Waals surface area contributed by atoms with Crippen LogP contribution in [-0.2, 0) is 6.42 Å². The summed E-state index contributed by atoms with van der Waals surface area (Å²) < 4.78 is 7.31. The Hall–Kier alpha value is -2.59. The number of hydrogen-bond acceptors (Lipinski definition) is 3. The summed E-state index contributed by atoms with van der Waals surface area (Å²) in [6.45, 7) is 3.92. The molecule has 1 aromatic heterocycles. The number of hydrogen-bond donors (Lipinski definition) is 0. The molecule has 0 aliphatic carbocycles. The molecule has 0 saturated carbocycles. The van der Waals surface area contributed by atoms with E-state index in [0.717, 1.165) is 22.6 Å². The molecule has 0 aliphatic rings. The highest BCUT2D eigenvalue weighted by Gasteiger charge is 2.15. The summed E-state index contributed by atoms with van der Waals surface area (Å²) in [5.74, 6) is 0.600. The number of carbonyl (C=O) groups is 1. The quantitative estimate of drug-likeness (QED) is 0.630. The molecule has 0 amide bonds. The fourth-order valence-electron chi connectivity index (χ4n) is 2.82. The van der Waals surface area contributed by atoms with Crippen molar-refractivity contribution in [3.05, 3.63) is 76.1 Å². The van der Waals surface area contributed by atoms with Crippen LogP contribution in [0.3, 0.4) is 0 Å². The average molecular weight is 355 g/mol. The highest BCUT2D eigenvalue weighted by atomic mass is 35.5. The second-order valence-electron chi connectivity index (χ2n) is 5.92. The number of rotatable bonds is 5. The first-order valence-electron chi connectivity index (χ1n) is 7.98. The zero-order valence-corrected chi connectivity index (χ0v) is 15.2. The molecule has 0 N–H and O–H groups in total. The van der Waals surface area contributed by atoms with Crippen LogP contribution in [0.4, 0.5) is 0 Å². The summed E-state index contributed by atoms with van der Waals surface area (Å²) in [7, 11) is 1.59. The second kappa shape index (κ2) is 7.11. The average Bonchev–Trinajstić information content (AvgIpc) is 2.94. The number of aryl methyl sites for hydroxylation is 2. The van der Waals surface area contributed by atoms with E-state index >= 15 is 0 Å². The number of carbonyl (C=O) groups excluding carboxylic acids is 1. The van der Waals surface area contributed by atoms with Gasteiger partial charge in [-0.25, -0.2) is 4.68 Å². The first-order valence-corrected chi connectivity index (χ1v) is 8.35. The number of halogens is 1. The number of methoxy groups -OCH3 is 1. The molecule has 5 heteroatoms. The number of ketones is 1. The van der Waals surface area contributed by atoms with E-state index in [2.05, 4.69) is 5.10 Å². The van der Waals surface area contributed by atoms with Crippen molar-refractivity contribution in [2.24, 2.45) is 0 Å². The standard InChI is InChI=1S/C20H19ClN2O2/c1-13-10-14(2)23(22-13)18-9-8-16(12-20(18)25-3)19(24)11-15-6-4-5-7-17(15)21/h4-10,12H,11H2,1-3H3. The van der Waals surface area contributed by atoms with Crippen molar-refractivity contribution < 1.29 is 9.53 Å². The number of ether oxygens (including phenoxy) is 1. The van der Waals surface area contributed by atoms with Crippen molar-refractivity contribution in [1.29, 1.82) is 0 Å². The Balaban J connectivity index is 1.92. The van der Waals surface area contributed by atoms with Gasteiger partial charge in [0.05, 0.1) is 12.8 Å². The van der Waals surface area contributed by atoms with Crippen molar-refractivity contribution in [1.82, 2.24) is 9.78 Å². The molecule has 0 saturated heterocycles. The highest BCUT2D eigenvalue weighted by Crippen LogP contribution is 2.26. The lowest BCUT2D eigenvalue weighted by Crippen LogP contribution is -2.07. The molecule has 0 fully saturated rings. The van der Waals surface area contributed by atoms with Crippen LogP contribution in [0, 0.1) is 13.8 Å². The zero-order chi connectivity index (χ0) is 18.0. The minimum Gasteiger partial charge on any atom is -0.494 e. The monoisotopic (exact) mass is 354 g/mol.